The van der Waals surface area contributed by atoms with Gasteiger partial charge < -0.3 is 14.8 Å². The lowest BCUT2D eigenvalue weighted by molar-refractivity contribution is -0.138. The van der Waals surface area contributed by atoms with E-state index < -0.39 is 5.92 Å². The second-order valence-electron chi connectivity index (χ2n) is 7.80. The first-order valence-corrected chi connectivity index (χ1v) is 11.8. The van der Waals surface area contributed by atoms with Gasteiger partial charge in [-0.2, -0.15) is 11.8 Å². The Labute approximate surface area is 183 Å². The number of Topliss-reactive ketones (excluding diaryl/α,β-unsaturated/α-hetero) is 1. The predicted octanol–water partition coefficient (Wildman–Crippen LogP) is 4.74. The molecule has 30 heavy (non-hydrogen) atoms. The van der Waals surface area contributed by atoms with Gasteiger partial charge in [-0.05, 0) is 45.4 Å². The second-order valence-corrected chi connectivity index (χ2v) is 9.20. The van der Waals surface area contributed by atoms with Crippen molar-refractivity contribution < 1.29 is 19.1 Å². The van der Waals surface area contributed by atoms with Crippen LogP contribution in [0.4, 0.5) is 0 Å². The van der Waals surface area contributed by atoms with E-state index in [1.54, 1.807) is 11.8 Å². The maximum atomic E-state index is 13.2. The van der Waals surface area contributed by atoms with Crippen LogP contribution in [0.2, 0.25) is 0 Å². The molecule has 0 amide bonds. The number of rotatable bonds is 8. The Balaban J connectivity index is 2.05. The number of esters is 1. The fourth-order valence-electron chi connectivity index (χ4n) is 4.06. The van der Waals surface area contributed by atoms with E-state index in [1.807, 2.05) is 45.0 Å². The van der Waals surface area contributed by atoms with E-state index in [1.165, 1.54) is 0 Å². The Hall–Kier alpha value is -2.21. The van der Waals surface area contributed by atoms with Crippen molar-refractivity contribution in [2.24, 2.45) is 0 Å². The van der Waals surface area contributed by atoms with Gasteiger partial charge in [-0.15, -0.1) is 0 Å². The molecule has 0 bridgehead atoms. The average molecular weight is 430 g/mol. The van der Waals surface area contributed by atoms with Crippen LogP contribution in [-0.4, -0.2) is 36.0 Å². The SMILES string of the molecule is CCSCCOC(=O)C1=C(C)NC2=C(C(=O)CCC2)C1c1ccccc1OC(C)C. The van der Waals surface area contributed by atoms with E-state index in [-0.39, 0.29) is 17.9 Å². The number of ketones is 1. The third kappa shape index (κ3) is 4.91. The molecule has 1 atom stereocenters. The maximum absolute atomic E-state index is 13.2. The highest BCUT2D eigenvalue weighted by Crippen LogP contribution is 2.45. The lowest BCUT2D eigenvalue weighted by Crippen LogP contribution is -2.34. The zero-order chi connectivity index (χ0) is 21.7. The molecular weight excluding hydrogens is 398 g/mol. The topological polar surface area (TPSA) is 64.6 Å². The summed E-state index contributed by atoms with van der Waals surface area (Å²) in [5.74, 6) is 1.68. The highest BCUT2D eigenvalue weighted by molar-refractivity contribution is 7.99. The van der Waals surface area contributed by atoms with Crippen molar-refractivity contribution in [3.63, 3.8) is 0 Å². The van der Waals surface area contributed by atoms with Crippen molar-refractivity contribution in [2.45, 2.75) is 59.0 Å². The van der Waals surface area contributed by atoms with Crippen molar-refractivity contribution in [1.82, 2.24) is 5.32 Å². The van der Waals surface area contributed by atoms with Gasteiger partial charge in [0.05, 0.1) is 17.6 Å². The van der Waals surface area contributed by atoms with Crippen molar-refractivity contribution >= 4 is 23.5 Å². The monoisotopic (exact) mass is 429 g/mol. The lowest BCUT2D eigenvalue weighted by Gasteiger charge is -2.35. The molecule has 1 aromatic carbocycles. The van der Waals surface area contributed by atoms with Crippen LogP contribution in [0.5, 0.6) is 5.75 Å². The summed E-state index contributed by atoms with van der Waals surface area (Å²) in [6.07, 6.45) is 2.11. The minimum Gasteiger partial charge on any atom is -0.491 e. The van der Waals surface area contributed by atoms with Crippen LogP contribution in [0.3, 0.4) is 0 Å². The molecule has 0 radical (unpaired) electrons. The van der Waals surface area contributed by atoms with Gasteiger partial charge in [-0.25, -0.2) is 4.79 Å². The van der Waals surface area contributed by atoms with Crippen LogP contribution in [0.15, 0.2) is 46.8 Å². The van der Waals surface area contributed by atoms with Gasteiger partial charge in [0, 0.05) is 34.7 Å². The molecule has 0 saturated carbocycles. The van der Waals surface area contributed by atoms with Crippen molar-refractivity contribution in [1.29, 1.82) is 0 Å². The second kappa shape index (κ2) is 10.2. The standard InChI is InChI=1S/C24H31NO4S/c1-5-30-14-13-28-24(27)21-16(4)25-18-10-8-11-19(26)23(18)22(21)17-9-6-7-12-20(17)29-15(2)3/h6-7,9,12,15,22,25H,5,8,10-11,13-14H2,1-4H3. The molecule has 6 heteroatoms. The largest absolute Gasteiger partial charge is 0.491 e. The Morgan fingerprint density at radius 2 is 2.03 bits per heavy atom. The van der Waals surface area contributed by atoms with Crippen LogP contribution in [0.1, 0.15) is 58.4 Å². The first-order valence-electron chi connectivity index (χ1n) is 10.7. The fraction of sp³-hybridized carbons (Fsp3) is 0.500. The van der Waals surface area contributed by atoms with E-state index in [0.717, 1.165) is 41.3 Å². The number of allylic oxidation sites excluding steroid dienone is 3. The molecule has 1 N–H and O–H groups in total. The van der Waals surface area contributed by atoms with Gasteiger partial charge in [0.25, 0.3) is 0 Å². The first-order chi connectivity index (χ1) is 14.4. The van der Waals surface area contributed by atoms with Crippen LogP contribution >= 0.6 is 11.8 Å². The summed E-state index contributed by atoms with van der Waals surface area (Å²) >= 11 is 1.73. The van der Waals surface area contributed by atoms with Crippen LogP contribution in [-0.2, 0) is 14.3 Å². The molecule has 1 unspecified atom stereocenters. The number of ether oxygens (including phenoxy) is 2. The summed E-state index contributed by atoms with van der Waals surface area (Å²) in [7, 11) is 0. The van der Waals surface area contributed by atoms with Gasteiger partial charge in [0.15, 0.2) is 5.78 Å². The fourth-order valence-corrected chi connectivity index (χ4v) is 4.55. The molecule has 3 rings (SSSR count). The van der Waals surface area contributed by atoms with Gasteiger partial charge in [0.1, 0.15) is 12.4 Å². The van der Waals surface area contributed by atoms with Gasteiger partial charge in [0.2, 0.25) is 0 Å². The van der Waals surface area contributed by atoms with Crippen molar-refractivity contribution in [3.8, 4) is 5.75 Å². The zero-order valence-electron chi connectivity index (χ0n) is 18.2. The van der Waals surface area contributed by atoms with E-state index in [2.05, 4.69) is 12.2 Å². The van der Waals surface area contributed by atoms with Crippen molar-refractivity contribution in [3.05, 3.63) is 52.4 Å². The van der Waals surface area contributed by atoms with E-state index >= 15 is 0 Å². The normalized spacial score (nSPS) is 19.0. The third-order valence-corrected chi connectivity index (χ3v) is 6.12. The zero-order valence-corrected chi connectivity index (χ0v) is 19.1. The number of carbonyl (C=O) groups is 2. The number of hydrogen-bond acceptors (Lipinski definition) is 6. The summed E-state index contributed by atoms with van der Waals surface area (Å²) in [5.41, 5.74) is 3.70. The molecule has 1 aliphatic heterocycles. The molecule has 5 nitrogen and oxygen atoms in total. The molecular formula is C24H31NO4S. The van der Waals surface area contributed by atoms with Gasteiger partial charge >= 0.3 is 5.97 Å². The number of thioether (sulfide) groups is 1. The van der Waals surface area contributed by atoms with Crippen LogP contribution in [0, 0.1) is 0 Å². The number of carbonyl (C=O) groups excluding carboxylic acids is 2. The summed E-state index contributed by atoms with van der Waals surface area (Å²) in [6.45, 7) is 8.26. The highest BCUT2D eigenvalue weighted by Gasteiger charge is 2.40. The van der Waals surface area contributed by atoms with Crippen LogP contribution < -0.4 is 10.1 Å². The molecule has 0 fully saturated rings. The first kappa shape index (κ1) is 22.5. The number of hydrogen-bond donors (Lipinski definition) is 1. The van der Waals surface area contributed by atoms with Crippen LogP contribution in [0.25, 0.3) is 0 Å². The number of para-hydroxylation sites is 1. The predicted molar refractivity (Wildman–Crippen MR) is 121 cm³/mol. The summed E-state index contributed by atoms with van der Waals surface area (Å²) < 4.78 is 11.7. The number of dihydropyridines is 1. The quantitative estimate of drug-likeness (QED) is 0.476. The molecule has 1 aromatic rings. The molecule has 162 valence electrons. The van der Waals surface area contributed by atoms with Gasteiger partial charge in [-0.1, -0.05) is 25.1 Å². The Morgan fingerprint density at radius 1 is 1.27 bits per heavy atom. The highest BCUT2D eigenvalue weighted by atomic mass is 32.2. The molecule has 2 aliphatic rings. The van der Waals surface area contributed by atoms with Gasteiger partial charge in [-0.3, -0.25) is 4.79 Å². The molecule has 0 aromatic heterocycles. The lowest BCUT2D eigenvalue weighted by atomic mass is 9.75. The molecule has 0 saturated heterocycles. The van der Waals surface area contributed by atoms with E-state index in [0.29, 0.717) is 29.9 Å². The third-order valence-electron chi connectivity index (χ3n) is 5.25. The minimum absolute atomic E-state index is 0.0186. The van der Waals surface area contributed by atoms with E-state index in [4.69, 9.17) is 9.47 Å². The molecule has 1 heterocycles. The molecule has 1 aliphatic carbocycles. The van der Waals surface area contributed by atoms with E-state index in [9.17, 15) is 9.59 Å². The summed E-state index contributed by atoms with van der Waals surface area (Å²) in [5, 5.41) is 3.33. The minimum atomic E-state index is -0.477. The van der Waals surface area contributed by atoms with Crippen molar-refractivity contribution in [2.75, 3.05) is 18.1 Å². The summed E-state index contributed by atoms with van der Waals surface area (Å²) in [6, 6.07) is 7.69. The Bertz CT molecular complexity index is 872. The Morgan fingerprint density at radius 3 is 2.77 bits per heavy atom. The Kier molecular flexibility index (Phi) is 7.64. The number of benzene rings is 1. The summed E-state index contributed by atoms with van der Waals surface area (Å²) in [4.78, 5) is 26.2. The average Bonchev–Trinajstić information content (AvgIpc) is 2.70. The smallest absolute Gasteiger partial charge is 0.336 e. The number of nitrogens with one attached hydrogen (secondary N) is 1. The molecule has 0 spiro atoms. The maximum Gasteiger partial charge on any atom is 0.336 e.